The summed E-state index contributed by atoms with van der Waals surface area (Å²) in [6, 6.07) is 1.75. The van der Waals surface area contributed by atoms with Crippen molar-refractivity contribution in [2.24, 2.45) is 0 Å². The molecule has 0 aliphatic carbocycles. The number of nitrogens with one attached hydrogen (secondary N) is 1. The summed E-state index contributed by atoms with van der Waals surface area (Å²) < 4.78 is 0. The number of halogens is 1. The van der Waals surface area contributed by atoms with Crippen molar-refractivity contribution in [2.75, 3.05) is 49.1 Å². The lowest BCUT2D eigenvalue weighted by Gasteiger charge is -2.36. The Morgan fingerprint density at radius 2 is 1.66 bits per heavy atom. The van der Waals surface area contributed by atoms with Gasteiger partial charge in [0.1, 0.15) is 17.7 Å². The first-order valence-electron chi connectivity index (χ1n) is 9.79. The van der Waals surface area contributed by atoms with Crippen molar-refractivity contribution in [3.8, 4) is 0 Å². The molecule has 150 valence electrons. The quantitative estimate of drug-likeness (QED) is 0.702. The highest BCUT2D eigenvalue weighted by atomic mass is 35.5. The zero-order chi connectivity index (χ0) is 19.8. The number of amides is 1. The number of pyridine rings is 1. The Morgan fingerprint density at radius 3 is 2.38 bits per heavy atom. The lowest BCUT2D eigenvalue weighted by Crippen LogP contribution is -2.47. The second-order valence-corrected chi connectivity index (χ2v) is 7.71. The molecule has 0 spiro atoms. The number of hydrogen-bond acceptors (Lipinski definition) is 7. The van der Waals surface area contributed by atoms with Crippen molar-refractivity contribution < 1.29 is 4.79 Å². The first kappa shape index (κ1) is 18.1. The van der Waals surface area contributed by atoms with Crippen molar-refractivity contribution in [1.82, 2.24) is 29.8 Å². The van der Waals surface area contributed by atoms with Crippen LogP contribution in [0.2, 0.25) is 5.02 Å². The van der Waals surface area contributed by atoms with E-state index in [4.69, 9.17) is 11.6 Å². The third-order valence-electron chi connectivity index (χ3n) is 5.54. The number of likely N-dealkylation sites (tertiary alicyclic amines) is 1. The summed E-state index contributed by atoms with van der Waals surface area (Å²) in [4.78, 5) is 39.2. The summed E-state index contributed by atoms with van der Waals surface area (Å²) >= 11 is 6.51. The van der Waals surface area contributed by atoms with E-state index in [0.717, 1.165) is 69.3 Å². The Bertz CT molecular complexity index is 1040. The first-order valence-corrected chi connectivity index (χ1v) is 10.2. The van der Waals surface area contributed by atoms with Crippen LogP contribution in [0, 0.1) is 0 Å². The van der Waals surface area contributed by atoms with Crippen LogP contribution in [0.4, 0.5) is 11.6 Å². The maximum Gasteiger partial charge on any atom is 0.255 e. The molecule has 0 bridgehead atoms. The van der Waals surface area contributed by atoms with Crippen molar-refractivity contribution >= 4 is 40.3 Å². The number of hydrogen-bond donors (Lipinski definition) is 1. The van der Waals surface area contributed by atoms with Crippen LogP contribution in [0.25, 0.3) is 11.2 Å². The van der Waals surface area contributed by atoms with Gasteiger partial charge in [-0.15, -0.1) is 0 Å². The lowest BCUT2D eigenvalue weighted by atomic mass is 10.2. The molecule has 10 heteroatoms. The molecule has 0 atom stereocenters. The second kappa shape index (κ2) is 7.47. The number of aromatic amines is 1. The highest BCUT2D eigenvalue weighted by Gasteiger charge is 2.25. The van der Waals surface area contributed by atoms with Crippen LogP contribution >= 0.6 is 11.6 Å². The number of carbonyl (C=O) groups is 1. The van der Waals surface area contributed by atoms with Gasteiger partial charge in [0.25, 0.3) is 5.91 Å². The predicted octanol–water partition coefficient (Wildman–Crippen LogP) is 1.96. The van der Waals surface area contributed by atoms with Crippen LogP contribution in [0.1, 0.15) is 23.2 Å². The molecule has 2 fully saturated rings. The summed E-state index contributed by atoms with van der Waals surface area (Å²) in [5.41, 5.74) is 2.07. The van der Waals surface area contributed by atoms with Gasteiger partial charge in [0.2, 0.25) is 0 Å². The second-order valence-electron chi connectivity index (χ2n) is 7.30. The summed E-state index contributed by atoms with van der Waals surface area (Å²) in [5.74, 6) is 1.59. The first-order chi connectivity index (χ1) is 14.2. The van der Waals surface area contributed by atoms with Crippen LogP contribution in [-0.2, 0) is 0 Å². The molecule has 5 heterocycles. The standard InChI is InChI=1S/C19H21ClN8O/c20-14-9-13(19(29)28-3-1-2-4-28)10-21-17(14)26-5-7-27(8-6-26)18-15-16(23-11-22-15)24-12-25-18/h9-12H,1-8H2,(H,22,23,24,25). The van der Waals surface area contributed by atoms with Crippen LogP contribution in [0.15, 0.2) is 24.9 Å². The Morgan fingerprint density at radius 1 is 0.931 bits per heavy atom. The van der Waals surface area contributed by atoms with Gasteiger partial charge in [-0.05, 0) is 18.9 Å². The molecule has 0 aromatic carbocycles. The maximum absolute atomic E-state index is 12.6. The number of rotatable bonds is 3. The van der Waals surface area contributed by atoms with Crippen molar-refractivity contribution in [2.45, 2.75) is 12.8 Å². The Labute approximate surface area is 172 Å². The number of H-pyrrole nitrogens is 1. The third-order valence-corrected chi connectivity index (χ3v) is 5.82. The number of piperazine rings is 1. The van der Waals surface area contributed by atoms with Crippen LogP contribution in [0.5, 0.6) is 0 Å². The van der Waals surface area contributed by atoms with Gasteiger partial charge in [-0.25, -0.2) is 19.9 Å². The van der Waals surface area contributed by atoms with E-state index in [1.165, 1.54) is 0 Å². The third kappa shape index (κ3) is 3.35. The topological polar surface area (TPSA) is 94.1 Å². The van der Waals surface area contributed by atoms with E-state index in [1.54, 1.807) is 24.9 Å². The molecular weight excluding hydrogens is 392 g/mol. The Balaban J connectivity index is 1.29. The normalized spacial score (nSPS) is 17.3. The lowest BCUT2D eigenvalue weighted by molar-refractivity contribution is 0.0792. The Kier molecular flexibility index (Phi) is 4.67. The molecule has 0 saturated carbocycles. The van der Waals surface area contributed by atoms with Crippen molar-refractivity contribution in [3.63, 3.8) is 0 Å². The fraction of sp³-hybridized carbons (Fsp3) is 0.421. The average Bonchev–Trinajstić information content (AvgIpc) is 3.45. The van der Waals surface area contributed by atoms with E-state index < -0.39 is 0 Å². The zero-order valence-electron chi connectivity index (χ0n) is 15.9. The van der Waals surface area contributed by atoms with E-state index >= 15 is 0 Å². The van der Waals surface area contributed by atoms with E-state index in [2.05, 4.69) is 34.7 Å². The number of carbonyl (C=O) groups excluding carboxylic acids is 1. The van der Waals surface area contributed by atoms with E-state index in [1.807, 2.05) is 4.90 Å². The smallest absolute Gasteiger partial charge is 0.255 e. The van der Waals surface area contributed by atoms with E-state index in [9.17, 15) is 4.79 Å². The summed E-state index contributed by atoms with van der Waals surface area (Å²) in [6.45, 7) is 4.69. The van der Waals surface area contributed by atoms with Gasteiger partial charge in [0.15, 0.2) is 11.5 Å². The van der Waals surface area contributed by atoms with Gasteiger partial charge in [-0.2, -0.15) is 0 Å². The molecule has 0 unspecified atom stereocenters. The predicted molar refractivity (Wildman–Crippen MR) is 110 cm³/mol. The highest BCUT2D eigenvalue weighted by Crippen LogP contribution is 2.28. The minimum atomic E-state index is 0.0144. The van der Waals surface area contributed by atoms with Gasteiger partial charge in [-0.1, -0.05) is 11.6 Å². The average molecular weight is 413 g/mol. The summed E-state index contributed by atoms with van der Waals surface area (Å²) in [5, 5.41) is 0.515. The van der Waals surface area contributed by atoms with E-state index in [0.29, 0.717) is 16.2 Å². The minimum Gasteiger partial charge on any atom is -0.352 e. The van der Waals surface area contributed by atoms with Crippen LogP contribution in [-0.4, -0.2) is 75.0 Å². The van der Waals surface area contributed by atoms with Gasteiger partial charge in [-0.3, -0.25) is 4.79 Å². The molecule has 3 aromatic rings. The molecule has 1 N–H and O–H groups in total. The highest BCUT2D eigenvalue weighted by molar-refractivity contribution is 6.33. The van der Waals surface area contributed by atoms with Gasteiger partial charge >= 0.3 is 0 Å². The number of fused-ring (bicyclic) bond motifs is 1. The molecule has 29 heavy (non-hydrogen) atoms. The molecule has 5 rings (SSSR count). The van der Waals surface area contributed by atoms with Gasteiger partial charge in [0.05, 0.1) is 16.9 Å². The molecule has 2 aliphatic rings. The fourth-order valence-corrected chi connectivity index (χ4v) is 4.29. The summed E-state index contributed by atoms with van der Waals surface area (Å²) in [6.07, 6.45) is 6.94. The largest absolute Gasteiger partial charge is 0.352 e. The molecular formula is C19H21ClN8O. The van der Waals surface area contributed by atoms with Crippen LogP contribution in [0.3, 0.4) is 0 Å². The number of aromatic nitrogens is 5. The number of anilines is 2. The minimum absolute atomic E-state index is 0.0144. The SMILES string of the molecule is O=C(c1cnc(N2CCN(c3ncnc4nc[nH]c34)CC2)c(Cl)c1)N1CCCC1. The van der Waals surface area contributed by atoms with Crippen molar-refractivity contribution in [3.05, 3.63) is 35.5 Å². The number of imidazole rings is 1. The van der Waals surface area contributed by atoms with Gasteiger partial charge < -0.3 is 19.7 Å². The molecule has 1 amide bonds. The van der Waals surface area contributed by atoms with Crippen molar-refractivity contribution in [1.29, 1.82) is 0 Å². The fourth-order valence-electron chi connectivity index (χ4n) is 4.01. The zero-order valence-corrected chi connectivity index (χ0v) is 16.6. The molecule has 2 saturated heterocycles. The molecule has 2 aliphatic heterocycles. The maximum atomic E-state index is 12.6. The van der Waals surface area contributed by atoms with Crippen LogP contribution < -0.4 is 9.80 Å². The molecule has 9 nitrogen and oxygen atoms in total. The molecule has 0 radical (unpaired) electrons. The van der Waals surface area contributed by atoms with E-state index in [-0.39, 0.29) is 5.91 Å². The number of nitrogens with zero attached hydrogens (tertiary/aromatic N) is 7. The summed E-state index contributed by atoms with van der Waals surface area (Å²) in [7, 11) is 0. The Hall–Kier alpha value is -2.94. The van der Waals surface area contributed by atoms with Gasteiger partial charge in [0, 0.05) is 45.5 Å². The molecule has 3 aromatic heterocycles. The monoisotopic (exact) mass is 412 g/mol.